The molecule has 0 aliphatic heterocycles. The van der Waals surface area contributed by atoms with Crippen LogP contribution in [0, 0.1) is 0 Å². The first-order valence-electron chi connectivity index (χ1n) is 9.15. The first kappa shape index (κ1) is 19.4. The van der Waals surface area contributed by atoms with Gasteiger partial charge in [0.1, 0.15) is 0 Å². The Kier molecular flexibility index (Phi) is 7.85. The number of benzene rings is 1. The molecule has 0 radical (unpaired) electrons. The van der Waals surface area contributed by atoms with E-state index in [4.69, 9.17) is 14.5 Å². The van der Waals surface area contributed by atoms with E-state index in [0.717, 1.165) is 37.3 Å². The van der Waals surface area contributed by atoms with Crippen LogP contribution in [0.4, 0.5) is 5.69 Å². The molecule has 0 unspecified atom stereocenters. The van der Waals surface area contributed by atoms with E-state index in [-0.39, 0.29) is 0 Å². The molecule has 2 N–H and O–H groups in total. The van der Waals surface area contributed by atoms with Crippen molar-refractivity contribution < 1.29 is 9.47 Å². The van der Waals surface area contributed by atoms with Gasteiger partial charge in [0.2, 0.25) is 0 Å². The summed E-state index contributed by atoms with van der Waals surface area (Å²) in [4.78, 5) is 7.14. The molecule has 0 atom stereocenters. The Morgan fingerprint density at radius 2 is 1.92 bits per heavy atom. The second-order valence-electron chi connectivity index (χ2n) is 6.37. The summed E-state index contributed by atoms with van der Waals surface area (Å²) >= 11 is 0. The molecular weight excluding hydrogens is 316 g/mol. The van der Waals surface area contributed by atoms with Crippen LogP contribution >= 0.6 is 0 Å². The zero-order chi connectivity index (χ0) is 18.1. The summed E-state index contributed by atoms with van der Waals surface area (Å²) in [6.45, 7) is 4.64. The largest absolute Gasteiger partial charge is 0.493 e. The zero-order valence-corrected chi connectivity index (χ0v) is 16.0. The number of likely N-dealkylation sites (N-methyl/N-ethyl adjacent to an activating group) is 1. The van der Waals surface area contributed by atoms with Gasteiger partial charge in [-0.2, -0.15) is 0 Å². The van der Waals surface area contributed by atoms with Crippen LogP contribution in [0.2, 0.25) is 0 Å². The topological polar surface area (TPSA) is 58.1 Å². The summed E-state index contributed by atoms with van der Waals surface area (Å²) in [5.41, 5.74) is 0.918. The molecule has 0 amide bonds. The van der Waals surface area contributed by atoms with Crippen LogP contribution in [0.15, 0.2) is 23.2 Å². The summed E-state index contributed by atoms with van der Waals surface area (Å²) in [7, 11) is 5.48. The summed E-state index contributed by atoms with van der Waals surface area (Å²) < 4.78 is 10.6. The second-order valence-corrected chi connectivity index (χ2v) is 6.37. The smallest absolute Gasteiger partial charge is 0.195 e. The van der Waals surface area contributed by atoms with Crippen molar-refractivity contribution in [3.63, 3.8) is 0 Å². The lowest BCUT2D eigenvalue weighted by Gasteiger charge is -2.23. The average Bonchev–Trinajstić information content (AvgIpc) is 3.16. The van der Waals surface area contributed by atoms with E-state index in [0.29, 0.717) is 11.5 Å². The van der Waals surface area contributed by atoms with E-state index in [9.17, 15) is 0 Å². The van der Waals surface area contributed by atoms with E-state index < -0.39 is 0 Å². The predicted molar refractivity (Wildman–Crippen MR) is 104 cm³/mol. The summed E-state index contributed by atoms with van der Waals surface area (Å²) in [6.07, 6.45) is 5.37. The fourth-order valence-electron chi connectivity index (χ4n) is 3.20. The van der Waals surface area contributed by atoms with Crippen LogP contribution in [0.25, 0.3) is 0 Å². The number of rotatable bonds is 8. The van der Waals surface area contributed by atoms with E-state index in [1.54, 1.807) is 14.2 Å². The SMILES string of the molecule is CCNC(=NCCN(C)C1CCCC1)Nc1ccc(OC)c(OC)c1. The van der Waals surface area contributed by atoms with Crippen molar-refractivity contribution in [1.82, 2.24) is 10.2 Å². The molecule has 1 fully saturated rings. The number of ether oxygens (including phenoxy) is 2. The third-order valence-corrected chi connectivity index (χ3v) is 4.66. The van der Waals surface area contributed by atoms with E-state index in [2.05, 4.69) is 29.5 Å². The highest BCUT2D eigenvalue weighted by atomic mass is 16.5. The number of anilines is 1. The van der Waals surface area contributed by atoms with Crippen molar-refractivity contribution in [1.29, 1.82) is 0 Å². The van der Waals surface area contributed by atoms with Gasteiger partial charge in [0.05, 0.1) is 20.8 Å². The molecule has 0 bridgehead atoms. The minimum atomic E-state index is 0.698. The molecule has 0 spiro atoms. The molecular formula is C19H32N4O2. The highest BCUT2D eigenvalue weighted by Gasteiger charge is 2.18. The van der Waals surface area contributed by atoms with Crippen molar-refractivity contribution in [2.45, 2.75) is 38.6 Å². The Labute approximate surface area is 151 Å². The zero-order valence-electron chi connectivity index (χ0n) is 16.0. The van der Waals surface area contributed by atoms with Gasteiger partial charge in [-0.3, -0.25) is 4.99 Å². The van der Waals surface area contributed by atoms with Crippen LogP contribution in [0.3, 0.4) is 0 Å². The maximum Gasteiger partial charge on any atom is 0.195 e. The van der Waals surface area contributed by atoms with Crippen molar-refractivity contribution in [2.24, 2.45) is 4.99 Å². The molecule has 0 saturated heterocycles. The summed E-state index contributed by atoms with van der Waals surface area (Å²) in [6, 6.07) is 6.49. The molecule has 140 valence electrons. The Morgan fingerprint density at radius 3 is 2.56 bits per heavy atom. The van der Waals surface area contributed by atoms with Crippen molar-refractivity contribution in [2.75, 3.05) is 46.2 Å². The van der Waals surface area contributed by atoms with Crippen LogP contribution in [0.5, 0.6) is 11.5 Å². The molecule has 25 heavy (non-hydrogen) atoms. The van der Waals surface area contributed by atoms with Gasteiger partial charge in [-0.1, -0.05) is 12.8 Å². The number of nitrogens with zero attached hydrogens (tertiary/aromatic N) is 2. The van der Waals surface area contributed by atoms with Gasteiger partial charge in [0, 0.05) is 30.9 Å². The normalized spacial score (nSPS) is 15.5. The Hall–Kier alpha value is -1.95. The number of aliphatic imine (C=N–C) groups is 1. The highest BCUT2D eigenvalue weighted by Crippen LogP contribution is 2.29. The maximum absolute atomic E-state index is 5.36. The van der Waals surface area contributed by atoms with Gasteiger partial charge in [0.15, 0.2) is 17.5 Å². The van der Waals surface area contributed by atoms with Crippen LogP contribution < -0.4 is 20.1 Å². The minimum absolute atomic E-state index is 0.698. The molecule has 0 heterocycles. The number of hydrogen-bond acceptors (Lipinski definition) is 4. The van der Waals surface area contributed by atoms with Gasteiger partial charge in [-0.25, -0.2) is 0 Å². The van der Waals surface area contributed by atoms with E-state index in [1.807, 2.05) is 18.2 Å². The number of methoxy groups -OCH3 is 2. The Morgan fingerprint density at radius 1 is 1.20 bits per heavy atom. The summed E-state index contributed by atoms with van der Waals surface area (Å²) in [5.74, 6) is 2.20. The molecule has 2 rings (SSSR count). The predicted octanol–water partition coefficient (Wildman–Crippen LogP) is 2.96. The fourth-order valence-corrected chi connectivity index (χ4v) is 3.20. The lowest BCUT2D eigenvalue weighted by Crippen LogP contribution is -2.34. The molecule has 6 nitrogen and oxygen atoms in total. The number of hydrogen-bond donors (Lipinski definition) is 2. The molecule has 0 aromatic heterocycles. The quantitative estimate of drug-likeness (QED) is 0.559. The fraction of sp³-hybridized carbons (Fsp3) is 0.632. The van der Waals surface area contributed by atoms with E-state index in [1.165, 1.54) is 25.7 Å². The maximum atomic E-state index is 5.36. The first-order chi connectivity index (χ1) is 12.2. The third-order valence-electron chi connectivity index (χ3n) is 4.66. The molecule has 1 aromatic rings. The molecule has 1 aliphatic carbocycles. The van der Waals surface area contributed by atoms with Crippen LogP contribution in [0.1, 0.15) is 32.6 Å². The van der Waals surface area contributed by atoms with Gasteiger partial charge in [-0.15, -0.1) is 0 Å². The first-order valence-corrected chi connectivity index (χ1v) is 9.15. The third kappa shape index (κ3) is 5.81. The molecule has 6 heteroatoms. The van der Waals surface area contributed by atoms with Crippen molar-refractivity contribution in [3.8, 4) is 11.5 Å². The molecule has 1 aliphatic rings. The van der Waals surface area contributed by atoms with Crippen LogP contribution in [-0.4, -0.2) is 57.8 Å². The van der Waals surface area contributed by atoms with Gasteiger partial charge >= 0.3 is 0 Å². The van der Waals surface area contributed by atoms with Gasteiger partial charge < -0.3 is 25.0 Å². The van der Waals surface area contributed by atoms with Gasteiger partial charge in [-0.05, 0) is 38.9 Å². The van der Waals surface area contributed by atoms with Crippen molar-refractivity contribution in [3.05, 3.63) is 18.2 Å². The molecule has 1 saturated carbocycles. The van der Waals surface area contributed by atoms with E-state index >= 15 is 0 Å². The lowest BCUT2D eigenvalue weighted by molar-refractivity contribution is 0.252. The minimum Gasteiger partial charge on any atom is -0.493 e. The Balaban J connectivity index is 1.94. The molecule has 1 aromatic carbocycles. The van der Waals surface area contributed by atoms with Gasteiger partial charge in [0.25, 0.3) is 0 Å². The second kappa shape index (κ2) is 10.1. The van der Waals surface area contributed by atoms with Crippen LogP contribution in [-0.2, 0) is 0 Å². The standard InChI is InChI=1S/C19H32N4O2/c1-5-20-19(21-12-13-23(2)16-8-6-7-9-16)22-15-10-11-17(24-3)18(14-15)25-4/h10-11,14,16H,5-9,12-13H2,1-4H3,(H2,20,21,22). The highest BCUT2D eigenvalue weighted by molar-refractivity contribution is 5.93. The average molecular weight is 348 g/mol. The van der Waals surface area contributed by atoms with Crippen molar-refractivity contribution >= 4 is 11.6 Å². The lowest BCUT2D eigenvalue weighted by atomic mass is 10.2. The summed E-state index contributed by atoms with van der Waals surface area (Å²) in [5, 5.41) is 6.62. The number of guanidine groups is 1. The number of nitrogens with one attached hydrogen (secondary N) is 2. The Bertz CT molecular complexity index is 556. The monoisotopic (exact) mass is 348 g/mol.